The third kappa shape index (κ3) is 4.50. The maximum atomic E-state index is 12.5. The van der Waals surface area contributed by atoms with Crippen LogP contribution in [-0.2, 0) is 14.5 Å². The largest absolute Gasteiger partial charge is 0.456 e. The number of aliphatic hydroxyl groups is 1. The van der Waals surface area contributed by atoms with E-state index in [9.17, 15) is 9.90 Å². The first kappa shape index (κ1) is 20.6. The van der Waals surface area contributed by atoms with E-state index in [4.69, 9.17) is 14.5 Å². The molecule has 1 saturated carbocycles. The SMILES string of the molecule is CCCCSC[C@@]1(C)OO[C@@H]2C[C@@H]1C[C@H](OC(=O)c1ccccc1)[C@]2(C)O. The minimum absolute atomic E-state index is 0.166. The Morgan fingerprint density at radius 3 is 2.74 bits per heavy atom. The fraction of sp³-hybridized carbons (Fsp3) is 0.667. The third-order valence-corrected chi connectivity index (χ3v) is 7.16. The van der Waals surface area contributed by atoms with Crippen LogP contribution in [0.2, 0.25) is 0 Å². The van der Waals surface area contributed by atoms with E-state index in [0.717, 1.165) is 11.5 Å². The van der Waals surface area contributed by atoms with Crippen LogP contribution in [0.3, 0.4) is 0 Å². The van der Waals surface area contributed by atoms with Crippen molar-refractivity contribution < 1.29 is 24.4 Å². The number of rotatable bonds is 7. The van der Waals surface area contributed by atoms with Crippen molar-refractivity contribution in [1.29, 1.82) is 0 Å². The summed E-state index contributed by atoms with van der Waals surface area (Å²) in [4.78, 5) is 23.9. The number of hydrogen-bond acceptors (Lipinski definition) is 6. The van der Waals surface area contributed by atoms with E-state index in [0.29, 0.717) is 18.4 Å². The van der Waals surface area contributed by atoms with Gasteiger partial charge < -0.3 is 9.84 Å². The summed E-state index contributed by atoms with van der Waals surface area (Å²) in [7, 11) is 0. The van der Waals surface area contributed by atoms with Crippen LogP contribution in [0, 0.1) is 5.92 Å². The predicted octanol–water partition coefficient (Wildman–Crippen LogP) is 4.00. The Balaban J connectivity index is 1.69. The summed E-state index contributed by atoms with van der Waals surface area (Å²) in [6.07, 6.45) is 2.50. The van der Waals surface area contributed by atoms with Crippen LogP contribution < -0.4 is 0 Å². The monoisotopic (exact) mass is 394 g/mol. The number of esters is 1. The summed E-state index contributed by atoms with van der Waals surface area (Å²) in [5.41, 5.74) is -1.24. The molecule has 1 aliphatic carbocycles. The van der Waals surface area contributed by atoms with Gasteiger partial charge in [-0.3, -0.25) is 0 Å². The van der Waals surface area contributed by atoms with Crippen LogP contribution in [0.25, 0.3) is 0 Å². The van der Waals surface area contributed by atoms with Crippen LogP contribution in [0.15, 0.2) is 30.3 Å². The number of carbonyl (C=O) groups is 1. The third-order valence-electron chi connectivity index (χ3n) is 5.81. The van der Waals surface area contributed by atoms with Gasteiger partial charge in [-0.25, -0.2) is 14.6 Å². The summed E-state index contributed by atoms with van der Waals surface area (Å²) in [6, 6.07) is 8.88. The molecule has 0 amide bonds. The first-order valence-corrected chi connectivity index (χ1v) is 10.9. The van der Waals surface area contributed by atoms with Gasteiger partial charge in [-0.1, -0.05) is 31.5 Å². The molecular formula is C21H30O5S. The second-order valence-corrected chi connectivity index (χ2v) is 9.15. The highest BCUT2D eigenvalue weighted by Gasteiger charge is 2.57. The van der Waals surface area contributed by atoms with Crippen LogP contribution in [0.1, 0.15) is 56.8 Å². The number of thioether (sulfide) groups is 1. The maximum absolute atomic E-state index is 12.5. The van der Waals surface area contributed by atoms with E-state index < -0.39 is 29.4 Å². The maximum Gasteiger partial charge on any atom is 0.338 e. The van der Waals surface area contributed by atoms with Crippen LogP contribution >= 0.6 is 11.8 Å². The van der Waals surface area contributed by atoms with Crippen molar-refractivity contribution in [3.05, 3.63) is 35.9 Å². The Morgan fingerprint density at radius 1 is 1.30 bits per heavy atom. The molecule has 150 valence electrons. The zero-order chi connectivity index (χ0) is 19.5. The van der Waals surface area contributed by atoms with Gasteiger partial charge in [0.2, 0.25) is 0 Å². The Morgan fingerprint density at radius 2 is 2.04 bits per heavy atom. The molecule has 0 spiro atoms. The number of fused-ring (bicyclic) bond motifs is 2. The van der Waals surface area contributed by atoms with Crippen LogP contribution in [0.5, 0.6) is 0 Å². The molecule has 6 heteroatoms. The van der Waals surface area contributed by atoms with Crippen molar-refractivity contribution in [3.8, 4) is 0 Å². The standard InChI is InChI=1S/C21H30O5S/c1-4-5-11-27-14-20(2)16-12-17(21(3,23)18(13-16)25-26-20)24-19(22)15-9-7-6-8-10-15/h6-10,16-18,23H,4-5,11-14H2,1-3H3/t16-,17-,18+,20+,21-/m0/s1. The van der Waals surface area contributed by atoms with Gasteiger partial charge in [-0.2, -0.15) is 11.8 Å². The van der Waals surface area contributed by atoms with Gasteiger partial charge in [0.1, 0.15) is 23.4 Å². The molecule has 1 aromatic rings. The molecule has 2 fully saturated rings. The molecule has 0 unspecified atom stereocenters. The molecule has 0 radical (unpaired) electrons. The topological polar surface area (TPSA) is 65.0 Å². The molecule has 1 aromatic carbocycles. The van der Waals surface area contributed by atoms with Crippen molar-refractivity contribution in [2.75, 3.05) is 11.5 Å². The lowest BCUT2D eigenvalue weighted by Gasteiger charge is -2.53. The summed E-state index contributed by atoms with van der Waals surface area (Å²) < 4.78 is 5.73. The molecule has 3 rings (SSSR count). The van der Waals surface area contributed by atoms with E-state index in [1.165, 1.54) is 12.8 Å². The molecular weight excluding hydrogens is 364 g/mol. The Kier molecular flexibility index (Phi) is 6.51. The average Bonchev–Trinajstić information content (AvgIpc) is 2.66. The lowest BCUT2D eigenvalue weighted by atomic mass is 9.69. The lowest BCUT2D eigenvalue weighted by molar-refractivity contribution is -0.448. The smallest absolute Gasteiger partial charge is 0.338 e. The van der Waals surface area contributed by atoms with Gasteiger partial charge in [-0.15, -0.1) is 0 Å². The zero-order valence-corrected chi connectivity index (χ0v) is 17.2. The second-order valence-electron chi connectivity index (χ2n) is 8.04. The minimum atomic E-state index is -1.28. The Labute approximate surface area is 165 Å². The van der Waals surface area contributed by atoms with Gasteiger partial charge in [0.05, 0.1) is 5.56 Å². The molecule has 1 N–H and O–H groups in total. The zero-order valence-electron chi connectivity index (χ0n) is 16.3. The average molecular weight is 395 g/mol. The van der Waals surface area contributed by atoms with Gasteiger partial charge in [0, 0.05) is 5.75 Å². The van der Waals surface area contributed by atoms with Crippen molar-refractivity contribution in [3.63, 3.8) is 0 Å². The highest BCUT2D eigenvalue weighted by atomic mass is 32.2. The van der Waals surface area contributed by atoms with Crippen LogP contribution in [0.4, 0.5) is 0 Å². The molecule has 5 nitrogen and oxygen atoms in total. The molecule has 27 heavy (non-hydrogen) atoms. The van der Waals surface area contributed by atoms with E-state index >= 15 is 0 Å². The van der Waals surface area contributed by atoms with Gasteiger partial charge >= 0.3 is 5.97 Å². The van der Waals surface area contributed by atoms with E-state index in [1.54, 1.807) is 31.2 Å². The quantitative estimate of drug-likeness (QED) is 0.428. The highest BCUT2D eigenvalue weighted by molar-refractivity contribution is 7.99. The van der Waals surface area contributed by atoms with Gasteiger partial charge in [0.25, 0.3) is 0 Å². The minimum Gasteiger partial charge on any atom is -0.456 e. The molecule has 5 atom stereocenters. The van der Waals surface area contributed by atoms with Gasteiger partial charge in [-0.05, 0) is 56.9 Å². The van der Waals surface area contributed by atoms with E-state index in [-0.39, 0.29) is 5.92 Å². The van der Waals surface area contributed by atoms with Crippen LogP contribution in [-0.4, -0.2) is 46.0 Å². The molecule has 1 saturated heterocycles. The molecule has 2 aliphatic rings. The fourth-order valence-corrected chi connectivity index (χ4v) is 5.10. The Hall–Kier alpha value is -1.08. The first-order chi connectivity index (χ1) is 12.9. The normalized spacial score (nSPS) is 35.6. The summed E-state index contributed by atoms with van der Waals surface area (Å²) >= 11 is 1.86. The van der Waals surface area contributed by atoms with Crippen molar-refractivity contribution >= 4 is 17.7 Å². The number of carbonyl (C=O) groups excluding carboxylic acids is 1. The molecule has 2 bridgehead atoms. The summed E-state index contributed by atoms with van der Waals surface area (Å²) in [5, 5.41) is 11.0. The molecule has 1 heterocycles. The number of unbranched alkanes of at least 4 members (excludes halogenated alkanes) is 1. The van der Waals surface area contributed by atoms with Crippen molar-refractivity contribution in [1.82, 2.24) is 0 Å². The lowest BCUT2D eigenvalue weighted by Crippen LogP contribution is -2.64. The predicted molar refractivity (Wildman–Crippen MR) is 106 cm³/mol. The number of hydrogen-bond donors (Lipinski definition) is 1. The highest BCUT2D eigenvalue weighted by Crippen LogP contribution is 2.47. The van der Waals surface area contributed by atoms with Crippen molar-refractivity contribution in [2.45, 2.75) is 69.9 Å². The second kappa shape index (κ2) is 8.52. The molecule has 0 aromatic heterocycles. The van der Waals surface area contributed by atoms with Gasteiger partial charge in [0.15, 0.2) is 0 Å². The van der Waals surface area contributed by atoms with E-state index in [2.05, 4.69) is 13.8 Å². The fourth-order valence-electron chi connectivity index (χ4n) is 3.77. The molecule has 1 aliphatic heterocycles. The summed E-state index contributed by atoms with van der Waals surface area (Å²) in [6.45, 7) is 5.91. The number of ether oxygens (including phenoxy) is 1. The summed E-state index contributed by atoms with van der Waals surface area (Å²) in [5.74, 6) is 1.67. The first-order valence-electron chi connectivity index (χ1n) is 9.77. The number of benzene rings is 1. The Bertz CT molecular complexity index is 635. The van der Waals surface area contributed by atoms with E-state index in [1.807, 2.05) is 17.8 Å². The van der Waals surface area contributed by atoms with Crippen molar-refractivity contribution in [2.24, 2.45) is 5.92 Å².